The first-order valence-corrected chi connectivity index (χ1v) is 7.66. The molecule has 24 heavy (non-hydrogen) atoms. The molecule has 2 heterocycles. The van der Waals surface area contributed by atoms with E-state index in [1.165, 1.54) is 0 Å². The molecule has 5 N–H and O–H groups in total. The van der Waals surface area contributed by atoms with Gasteiger partial charge in [0.15, 0.2) is 0 Å². The molecule has 0 spiro atoms. The number of rotatable bonds is 6. The lowest BCUT2D eigenvalue weighted by atomic mass is 9.77. The van der Waals surface area contributed by atoms with E-state index >= 15 is 0 Å². The average Bonchev–Trinajstić information content (AvgIpc) is 2.67. The van der Waals surface area contributed by atoms with E-state index in [1.54, 1.807) is 30.5 Å². The monoisotopic (exact) mass is 333 g/mol. The van der Waals surface area contributed by atoms with Crippen molar-refractivity contribution in [2.75, 3.05) is 5.73 Å². The van der Waals surface area contributed by atoms with Gasteiger partial charge in [-0.15, -0.1) is 0 Å². The number of aryl methyl sites for hydroxylation is 1. The van der Waals surface area contributed by atoms with Gasteiger partial charge in [-0.3, -0.25) is 9.59 Å². The Hall–Kier alpha value is -2.39. The number of carbonyl (C=O) groups is 2. The zero-order valence-corrected chi connectivity index (χ0v) is 13.1. The van der Waals surface area contributed by atoms with Crippen molar-refractivity contribution in [1.82, 2.24) is 10.3 Å². The Morgan fingerprint density at radius 3 is 3.00 bits per heavy atom. The van der Waals surface area contributed by atoms with Crippen LogP contribution in [0.15, 0.2) is 30.5 Å². The lowest BCUT2D eigenvalue weighted by Gasteiger charge is -2.20. The second-order valence-corrected chi connectivity index (χ2v) is 5.59. The van der Waals surface area contributed by atoms with Gasteiger partial charge in [-0.25, -0.2) is 4.98 Å². The summed E-state index contributed by atoms with van der Waals surface area (Å²) in [5.41, 5.74) is 6.49. The molecule has 1 amide bonds. The molecule has 1 aromatic heterocycles. The highest BCUT2D eigenvalue weighted by Crippen LogP contribution is 2.13. The molecule has 0 bridgehead atoms. The lowest BCUT2D eigenvalue weighted by Crippen LogP contribution is -2.48. The van der Waals surface area contributed by atoms with Crippen LogP contribution in [0.25, 0.3) is 0 Å². The Morgan fingerprint density at radius 2 is 2.29 bits per heavy atom. The van der Waals surface area contributed by atoms with Crippen molar-refractivity contribution in [3.63, 3.8) is 0 Å². The maximum atomic E-state index is 12.0. The second-order valence-electron chi connectivity index (χ2n) is 5.59. The fraction of sp³-hybridized carbons (Fsp3) is 0.400. The van der Waals surface area contributed by atoms with E-state index < -0.39 is 25.1 Å². The van der Waals surface area contributed by atoms with Crippen molar-refractivity contribution in [2.45, 2.75) is 37.7 Å². The highest BCUT2D eigenvalue weighted by atomic mass is 16.5. The van der Waals surface area contributed by atoms with Gasteiger partial charge in [0.2, 0.25) is 5.91 Å². The number of hydrogen-bond donors (Lipinski definition) is 4. The molecule has 0 fully saturated rings. The molecule has 0 radical (unpaired) electrons. The van der Waals surface area contributed by atoms with Crippen molar-refractivity contribution in [2.24, 2.45) is 0 Å². The molecule has 1 aliphatic heterocycles. The number of nitrogens with one attached hydrogen (secondary N) is 1. The summed E-state index contributed by atoms with van der Waals surface area (Å²) < 4.78 is 5.26. The van der Waals surface area contributed by atoms with E-state index in [-0.39, 0.29) is 18.7 Å². The molecule has 0 aliphatic carbocycles. The molecule has 2 atom stereocenters. The molecule has 1 aromatic rings. The number of nitrogen functional groups attached to an aromatic ring is 1. The number of anilines is 1. The first-order chi connectivity index (χ1) is 11.4. The van der Waals surface area contributed by atoms with Crippen LogP contribution in [0.3, 0.4) is 0 Å². The van der Waals surface area contributed by atoms with Crippen LogP contribution in [-0.2, 0) is 20.7 Å². The third-order valence-corrected chi connectivity index (χ3v) is 3.61. The van der Waals surface area contributed by atoms with Crippen LogP contribution < -0.4 is 11.1 Å². The number of aromatic nitrogens is 1. The summed E-state index contributed by atoms with van der Waals surface area (Å²) in [6.07, 6.45) is 5.03. The summed E-state index contributed by atoms with van der Waals surface area (Å²) in [5, 5.41) is 21.5. The molecule has 2 rings (SSSR count). The zero-order chi connectivity index (χ0) is 17.5. The van der Waals surface area contributed by atoms with Crippen molar-refractivity contribution in [1.29, 1.82) is 0 Å². The van der Waals surface area contributed by atoms with E-state index in [0.29, 0.717) is 18.7 Å². The van der Waals surface area contributed by atoms with Crippen LogP contribution in [0.1, 0.15) is 24.8 Å². The van der Waals surface area contributed by atoms with Gasteiger partial charge >= 0.3 is 13.1 Å². The third-order valence-electron chi connectivity index (χ3n) is 3.61. The minimum absolute atomic E-state index is 0.231. The van der Waals surface area contributed by atoms with Crippen molar-refractivity contribution >= 4 is 24.8 Å². The number of carboxylic acid groups (broad SMARTS) is 1. The van der Waals surface area contributed by atoms with Gasteiger partial charge in [-0.05, 0) is 30.5 Å². The van der Waals surface area contributed by atoms with Crippen LogP contribution in [0.4, 0.5) is 5.82 Å². The van der Waals surface area contributed by atoms with E-state index in [9.17, 15) is 14.6 Å². The van der Waals surface area contributed by atoms with Gasteiger partial charge in [0.05, 0.1) is 18.5 Å². The largest absolute Gasteiger partial charge is 0.481 e. The quantitative estimate of drug-likeness (QED) is 0.422. The molecule has 128 valence electrons. The summed E-state index contributed by atoms with van der Waals surface area (Å²) in [6, 6.07) is 3.49. The number of carbonyl (C=O) groups excluding carboxylic acids is 1. The maximum absolute atomic E-state index is 12.0. The Kier molecular flexibility index (Phi) is 6.33. The van der Waals surface area contributed by atoms with Crippen LogP contribution in [0, 0.1) is 0 Å². The fourth-order valence-corrected chi connectivity index (χ4v) is 2.42. The summed E-state index contributed by atoms with van der Waals surface area (Å²) in [5.74, 6) is -1.47. The summed E-state index contributed by atoms with van der Waals surface area (Å²) in [4.78, 5) is 26.6. The molecule has 9 heteroatoms. The molecular formula is C15H20BN3O5. The number of carboxylic acids is 1. The topological polar surface area (TPSA) is 135 Å². The normalized spacial score (nSPS) is 20.5. The van der Waals surface area contributed by atoms with E-state index in [1.807, 2.05) is 0 Å². The van der Waals surface area contributed by atoms with Gasteiger partial charge < -0.3 is 25.8 Å². The standard InChI is InChI=1S/C15H20BN3O5/c17-13-8-10(6-7-18-13)4-5-14(20)19-12-3-1-2-11(9-15(21)22)24-16(12)23/h1-2,6-8,11-12,23H,3-5,9H2,(H2,17,18)(H,19,20)(H,21,22)/t11-,12+/m1/s1. The Bertz CT molecular complexity index is 625. The molecule has 0 aromatic carbocycles. The molecule has 8 nitrogen and oxygen atoms in total. The van der Waals surface area contributed by atoms with Crippen molar-refractivity contribution in [3.8, 4) is 0 Å². The molecule has 0 unspecified atom stereocenters. The summed E-state index contributed by atoms with van der Waals surface area (Å²) in [7, 11) is -1.26. The predicted molar refractivity (Wildman–Crippen MR) is 87.8 cm³/mol. The van der Waals surface area contributed by atoms with Crippen LogP contribution in [0.5, 0.6) is 0 Å². The Balaban J connectivity index is 1.83. The molecule has 0 saturated carbocycles. The number of nitrogens with zero attached hydrogens (tertiary/aromatic N) is 1. The maximum Gasteiger partial charge on any atom is 0.478 e. The van der Waals surface area contributed by atoms with Crippen molar-refractivity contribution < 1.29 is 24.4 Å². The first kappa shape index (κ1) is 18.0. The van der Waals surface area contributed by atoms with Crippen LogP contribution in [-0.4, -0.2) is 46.2 Å². The van der Waals surface area contributed by atoms with E-state index in [4.69, 9.17) is 15.5 Å². The van der Waals surface area contributed by atoms with Crippen LogP contribution >= 0.6 is 0 Å². The minimum Gasteiger partial charge on any atom is -0.481 e. The highest BCUT2D eigenvalue weighted by molar-refractivity contribution is 6.45. The lowest BCUT2D eigenvalue weighted by molar-refractivity contribution is -0.138. The molecule has 0 saturated heterocycles. The van der Waals surface area contributed by atoms with E-state index in [0.717, 1.165) is 5.56 Å². The number of aliphatic carboxylic acids is 1. The van der Waals surface area contributed by atoms with Gasteiger partial charge in [0, 0.05) is 12.6 Å². The first-order valence-electron chi connectivity index (χ1n) is 7.66. The van der Waals surface area contributed by atoms with Crippen molar-refractivity contribution in [3.05, 3.63) is 36.0 Å². The Morgan fingerprint density at radius 1 is 1.50 bits per heavy atom. The Labute approximate surface area is 139 Å². The minimum atomic E-state index is -1.26. The number of amides is 1. The third kappa shape index (κ3) is 5.67. The zero-order valence-electron chi connectivity index (χ0n) is 13.1. The summed E-state index contributed by atoms with van der Waals surface area (Å²) >= 11 is 0. The van der Waals surface area contributed by atoms with Gasteiger partial charge in [0.1, 0.15) is 5.82 Å². The smallest absolute Gasteiger partial charge is 0.478 e. The highest BCUT2D eigenvalue weighted by Gasteiger charge is 2.32. The van der Waals surface area contributed by atoms with E-state index in [2.05, 4.69) is 10.3 Å². The average molecular weight is 333 g/mol. The molecule has 1 aliphatic rings. The number of pyridine rings is 1. The van der Waals surface area contributed by atoms with Gasteiger partial charge in [-0.2, -0.15) is 0 Å². The number of nitrogens with two attached hydrogens (primary N) is 1. The molecular weight excluding hydrogens is 313 g/mol. The fourth-order valence-electron chi connectivity index (χ4n) is 2.42. The predicted octanol–water partition coefficient (Wildman–Crippen LogP) is -0.0793. The SMILES string of the molecule is Nc1cc(CCC(=O)N[C@H]2CC=C[C@H](CC(=O)O)OB2O)ccn1. The van der Waals surface area contributed by atoms with Crippen LogP contribution in [0.2, 0.25) is 0 Å². The summed E-state index contributed by atoms with van der Waals surface area (Å²) in [6.45, 7) is 0. The van der Waals surface area contributed by atoms with Gasteiger partial charge in [0.25, 0.3) is 0 Å². The van der Waals surface area contributed by atoms with Gasteiger partial charge in [-0.1, -0.05) is 12.2 Å². The number of hydrogen-bond acceptors (Lipinski definition) is 6. The second kappa shape index (κ2) is 8.46.